The summed E-state index contributed by atoms with van der Waals surface area (Å²) in [5.74, 6) is -2.45. The largest absolute Gasteiger partial charge is 0.349 e. The highest BCUT2D eigenvalue weighted by molar-refractivity contribution is 7.22. The molecule has 0 saturated heterocycles. The van der Waals surface area contributed by atoms with Gasteiger partial charge in [-0.25, -0.2) is 18.6 Å². The van der Waals surface area contributed by atoms with E-state index in [1.807, 2.05) is 18.7 Å². The van der Waals surface area contributed by atoms with Gasteiger partial charge in [0.25, 0.3) is 5.56 Å². The van der Waals surface area contributed by atoms with Crippen molar-refractivity contribution in [1.29, 1.82) is 0 Å². The molecule has 8 nitrogen and oxygen atoms in total. The molecule has 0 saturated carbocycles. The van der Waals surface area contributed by atoms with E-state index < -0.39 is 35.3 Å². The van der Waals surface area contributed by atoms with Crippen molar-refractivity contribution < 1.29 is 13.6 Å². The van der Waals surface area contributed by atoms with E-state index in [1.165, 1.54) is 6.08 Å². The third-order valence-corrected chi connectivity index (χ3v) is 5.70. The molecule has 2 aromatic heterocycles. The molecule has 0 aliphatic carbocycles. The summed E-state index contributed by atoms with van der Waals surface area (Å²) in [6.07, 6.45) is 1.40. The quantitative estimate of drug-likeness (QED) is 0.534. The molecular weight excluding hydrogens is 428 g/mol. The number of anilines is 2. The van der Waals surface area contributed by atoms with E-state index in [9.17, 15) is 23.2 Å². The van der Waals surface area contributed by atoms with Crippen molar-refractivity contribution >= 4 is 38.4 Å². The van der Waals surface area contributed by atoms with Gasteiger partial charge < -0.3 is 10.2 Å². The third-order valence-electron chi connectivity index (χ3n) is 4.61. The van der Waals surface area contributed by atoms with Crippen molar-refractivity contribution in [3.8, 4) is 0 Å². The van der Waals surface area contributed by atoms with E-state index in [-0.39, 0.29) is 22.6 Å². The van der Waals surface area contributed by atoms with Crippen molar-refractivity contribution in [3.63, 3.8) is 0 Å². The topological polar surface area (TPSA) is 89.2 Å². The molecule has 3 aromatic rings. The van der Waals surface area contributed by atoms with Crippen LogP contribution in [0.2, 0.25) is 0 Å². The minimum Gasteiger partial charge on any atom is -0.349 e. The van der Waals surface area contributed by atoms with Crippen molar-refractivity contribution in [2.75, 3.05) is 23.3 Å². The zero-order valence-corrected chi connectivity index (χ0v) is 17.8. The number of allylic oxidation sites excluding steroid dienone is 1. The molecule has 0 fully saturated rings. The molecule has 0 aliphatic heterocycles. The lowest BCUT2D eigenvalue weighted by Crippen LogP contribution is -2.41. The number of nitrogens with one attached hydrogen (secondary N) is 1. The summed E-state index contributed by atoms with van der Waals surface area (Å²) in [4.78, 5) is 44.7. The number of fused-ring (bicyclic) bond motifs is 1. The molecule has 31 heavy (non-hydrogen) atoms. The molecular formula is C20H21F2N5O3S. The van der Waals surface area contributed by atoms with Crippen LogP contribution in [0.4, 0.5) is 19.6 Å². The first-order valence-corrected chi connectivity index (χ1v) is 10.4. The second-order valence-corrected chi connectivity index (χ2v) is 7.54. The lowest BCUT2D eigenvalue weighted by molar-refractivity contribution is -0.116. The summed E-state index contributed by atoms with van der Waals surface area (Å²) in [5, 5.41) is 2.86. The summed E-state index contributed by atoms with van der Waals surface area (Å²) >= 11 is 1.13. The first-order chi connectivity index (χ1) is 14.8. The predicted molar refractivity (Wildman–Crippen MR) is 117 cm³/mol. The van der Waals surface area contributed by atoms with Crippen LogP contribution in [0.5, 0.6) is 0 Å². The minimum absolute atomic E-state index is 0.0414. The maximum Gasteiger partial charge on any atom is 0.333 e. The van der Waals surface area contributed by atoms with E-state index in [0.29, 0.717) is 24.3 Å². The molecule has 1 aromatic carbocycles. The van der Waals surface area contributed by atoms with Crippen molar-refractivity contribution in [2.24, 2.45) is 0 Å². The number of carbonyl (C=O) groups is 1. The molecule has 11 heteroatoms. The van der Waals surface area contributed by atoms with Gasteiger partial charge in [-0.15, -0.1) is 6.58 Å². The Morgan fingerprint density at radius 1 is 1.26 bits per heavy atom. The maximum absolute atomic E-state index is 13.9. The molecule has 0 radical (unpaired) electrons. The van der Waals surface area contributed by atoms with E-state index in [0.717, 1.165) is 32.6 Å². The van der Waals surface area contributed by atoms with E-state index in [1.54, 1.807) is 0 Å². The Labute approximate surface area is 180 Å². The van der Waals surface area contributed by atoms with Gasteiger partial charge in [0.1, 0.15) is 22.9 Å². The number of benzene rings is 1. The highest BCUT2D eigenvalue weighted by atomic mass is 32.1. The Morgan fingerprint density at radius 2 is 1.97 bits per heavy atom. The molecule has 1 N–H and O–H groups in total. The van der Waals surface area contributed by atoms with Gasteiger partial charge in [0.2, 0.25) is 5.91 Å². The number of aromatic nitrogens is 3. The molecule has 0 atom stereocenters. The SMILES string of the molecule is C=CCn1c(=O)c2sc(N(CC)CC)nc2n(CC(=O)Nc2ccc(F)cc2F)c1=O. The normalized spacial score (nSPS) is 11.0. The van der Waals surface area contributed by atoms with Crippen LogP contribution in [0, 0.1) is 11.6 Å². The van der Waals surface area contributed by atoms with Crippen LogP contribution < -0.4 is 21.5 Å². The fraction of sp³-hybridized carbons (Fsp3) is 0.300. The lowest BCUT2D eigenvalue weighted by Gasteiger charge is -2.16. The summed E-state index contributed by atoms with van der Waals surface area (Å²) < 4.78 is 29.2. The van der Waals surface area contributed by atoms with Crippen LogP contribution in [0.15, 0.2) is 40.4 Å². The Morgan fingerprint density at radius 3 is 2.58 bits per heavy atom. The lowest BCUT2D eigenvalue weighted by atomic mass is 10.3. The van der Waals surface area contributed by atoms with Gasteiger partial charge in [0.05, 0.1) is 5.69 Å². The maximum atomic E-state index is 13.9. The molecule has 3 rings (SSSR count). The van der Waals surface area contributed by atoms with E-state index >= 15 is 0 Å². The van der Waals surface area contributed by atoms with E-state index in [2.05, 4.69) is 16.9 Å². The second kappa shape index (κ2) is 9.21. The third kappa shape index (κ3) is 4.41. The number of amides is 1. The average Bonchev–Trinajstić information content (AvgIpc) is 3.17. The fourth-order valence-electron chi connectivity index (χ4n) is 3.06. The summed E-state index contributed by atoms with van der Waals surface area (Å²) in [6, 6.07) is 2.73. The number of rotatable bonds is 8. The van der Waals surface area contributed by atoms with Gasteiger partial charge in [-0.05, 0) is 26.0 Å². The van der Waals surface area contributed by atoms with Crippen LogP contribution in [0.3, 0.4) is 0 Å². The van der Waals surface area contributed by atoms with Gasteiger partial charge in [-0.1, -0.05) is 17.4 Å². The Kier molecular flexibility index (Phi) is 6.64. The second-order valence-electron chi connectivity index (χ2n) is 6.57. The zero-order valence-electron chi connectivity index (χ0n) is 17.0. The van der Waals surface area contributed by atoms with Crippen LogP contribution in [0.25, 0.3) is 10.3 Å². The summed E-state index contributed by atoms with van der Waals surface area (Å²) in [7, 11) is 0. The molecule has 0 spiro atoms. The molecule has 1 amide bonds. The fourth-order valence-corrected chi connectivity index (χ4v) is 4.20. The first-order valence-electron chi connectivity index (χ1n) is 9.55. The van der Waals surface area contributed by atoms with Crippen LogP contribution in [-0.2, 0) is 17.9 Å². The van der Waals surface area contributed by atoms with Gasteiger partial charge >= 0.3 is 5.69 Å². The standard InChI is InChI=1S/C20H21F2N5O3S/c1-4-9-26-18(29)16-17(24-19(31-16)25(5-2)6-3)27(20(26)30)11-15(28)23-14-8-7-12(21)10-13(14)22/h4,7-8,10H,1,5-6,9,11H2,2-3H3,(H,23,28). The van der Waals surface area contributed by atoms with Crippen LogP contribution >= 0.6 is 11.3 Å². The smallest absolute Gasteiger partial charge is 0.333 e. The Hall–Kier alpha value is -3.34. The van der Waals surface area contributed by atoms with Gasteiger partial charge in [0.15, 0.2) is 10.8 Å². The Bertz CT molecular complexity index is 1260. The van der Waals surface area contributed by atoms with Crippen LogP contribution in [0.1, 0.15) is 13.8 Å². The number of nitrogens with zero attached hydrogens (tertiary/aromatic N) is 4. The van der Waals surface area contributed by atoms with Gasteiger partial charge in [-0.3, -0.25) is 18.7 Å². The number of halogens is 2. The molecule has 2 heterocycles. The number of carbonyl (C=O) groups excluding carboxylic acids is 1. The van der Waals surface area contributed by atoms with E-state index in [4.69, 9.17) is 0 Å². The van der Waals surface area contributed by atoms with Gasteiger partial charge in [0, 0.05) is 25.7 Å². The summed E-state index contributed by atoms with van der Waals surface area (Å²) in [6.45, 7) is 8.17. The molecule has 164 valence electrons. The number of hydrogen-bond donors (Lipinski definition) is 1. The zero-order chi connectivity index (χ0) is 22.7. The molecule has 0 unspecified atom stereocenters. The predicted octanol–water partition coefficient (Wildman–Crippen LogP) is 2.57. The minimum atomic E-state index is -0.944. The monoisotopic (exact) mass is 449 g/mol. The number of hydrogen-bond acceptors (Lipinski definition) is 6. The molecule has 0 bridgehead atoms. The molecule has 0 aliphatic rings. The average molecular weight is 449 g/mol. The highest BCUT2D eigenvalue weighted by Gasteiger charge is 2.21. The number of thiazole rings is 1. The van der Waals surface area contributed by atoms with Crippen LogP contribution in [-0.4, -0.2) is 33.1 Å². The van der Waals surface area contributed by atoms with Crippen molar-refractivity contribution in [2.45, 2.75) is 26.9 Å². The first kappa shape index (κ1) is 22.3. The van der Waals surface area contributed by atoms with Gasteiger partial charge in [-0.2, -0.15) is 0 Å². The van der Waals surface area contributed by atoms with Crippen molar-refractivity contribution in [3.05, 3.63) is 63.3 Å². The Balaban J connectivity index is 2.08. The van der Waals surface area contributed by atoms with Crippen molar-refractivity contribution in [1.82, 2.24) is 14.1 Å². The summed E-state index contributed by atoms with van der Waals surface area (Å²) in [5.41, 5.74) is -1.39. The highest BCUT2D eigenvalue weighted by Crippen LogP contribution is 2.25.